The van der Waals surface area contributed by atoms with Gasteiger partial charge in [0.2, 0.25) is 10.0 Å². The summed E-state index contributed by atoms with van der Waals surface area (Å²) >= 11 is 1.36. The molecular formula is C22H30N4O5S2. The van der Waals surface area contributed by atoms with Gasteiger partial charge < -0.3 is 20.1 Å². The second-order valence-corrected chi connectivity index (χ2v) is 11.1. The van der Waals surface area contributed by atoms with Crippen LogP contribution in [0.25, 0.3) is 0 Å². The highest BCUT2D eigenvalue weighted by molar-refractivity contribution is 7.89. The molecule has 2 aromatic rings. The lowest BCUT2D eigenvalue weighted by Gasteiger charge is -2.26. The van der Waals surface area contributed by atoms with E-state index in [1.807, 2.05) is 6.92 Å². The summed E-state index contributed by atoms with van der Waals surface area (Å²) in [4.78, 5) is 18.2. The van der Waals surface area contributed by atoms with Crippen LogP contribution in [0.1, 0.15) is 40.1 Å². The molecule has 180 valence electrons. The van der Waals surface area contributed by atoms with E-state index in [9.17, 15) is 13.2 Å². The number of rotatable bonds is 8. The third kappa shape index (κ3) is 5.55. The predicted molar refractivity (Wildman–Crippen MR) is 128 cm³/mol. The number of thiazole rings is 1. The van der Waals surface area contributed by atoms with Crippen molar-refractivity contribution in [3.8, 4) is 0 Å². The van der Waals surface area contributed by atoms with Gasteiger partial charge in [-0.05, 0) is 44.4 Å². The van der Waals surface area contributed by atoms with Crippen molar-refractivity contribution in [3.05, 3.63) is 33.8 Å². The normalized spacial score (nSPS) is 19.5. The van der Waals surface area contributed by atoms with Crippen molar-refractivity contribution < 1.29 is 22.7 Å². The maximum Gasteiger partial charge on any atom is 0.267 e. The molecular weight excluding hydrogens is 464 g/mol. The van der Waals surface area contributed by atoms with E-state index in [4.69, 9.17) is 9.47 Å². The first kappa shape index (κ1) is 24.1. The highest BCUT2D eigenvalue weighted by Gasteiger charge is 2.28. The van der Waals surface area contributed by atoms with Crippen LogP contribution in [0.4, 0.5) is 11.4 Å². The molecule has 2 fully saturated rings. The number of hydrogen-bond donors (Lipinski definition) is 2. The average molecular weight is 495 g/mol. The highest BCUT2D eigenvalue weighted by atomic mass is 32.2. The zero-order valence-corrected chi connectivity index (χ0v) is 20.6. The van der Waals surface area contributed by atoms with E-state index in [0.29, 0.717) is 54.8 Å². The molecule has 0 radical (unpaired) electrons. The Balaban J connectivity index is 1.62. The average Bonchev–Trinajstić information content (AvgIpc) is 3.48. The highest BCUT2D eigenvalue weighted by Crippen LogP contribution is 2.30. The van der Waals surface area contributed by atoms with Gasteiger partial charge >= 0.3 is 0 Å². The largest absolute Gasteiger partial charge is 0.381 e. The van der Waals surface area contributed by atoms with Crippen molar-refractivity contribution in [2.75, 3.05) is 50.1 Å². The number of aryl methyl sites for hydroxylation is 2. The summed E-state index contributed by atoms with van der Waals surface area (Å²) in [6.07, 6.45) is 2.84. The van der Waals surface area contributed by atoms with Gasteiger partial charge in [0.15, 0.2) is 0 Å². The molecule has 0 aliphatic carbocycles. The first-order valence-corrected chi connectivity index (χ1v) is 13.5. The minimum Gasteiger partial charge on any atom is -0.381 e. The summed E-state index contributed by atoms with van der Waals surface area (Å²) in [5.74, 6) is -0.300. The van der Waals surface area contributed by atoms with Crippen LogP contribution < -0.4 is 10.6 Å². The van der Waals surface area contributed by atoms with Crippen LogP contribution in [0.15, 0.2) is 23.1 Å². The van der Waals surface area contributed by atoms with Crippen LogP contribution in [0.5, 0.6) is 0 Å². The quantitative estimate of drug-likeness (QED) is 0.581. The Hall–Kier alpha value is -2.05. The Kier molecular flexibility index (Phi) is 7.65. The van der Waals surface area contributed by atoms with Crippen LogP contribution in [0.3, 0.4) is 0 Å². The molecule has 1 aromatic heterocycles. The summed E-state index contributed by atoms with van der Waals surface area (Å²) in [5.41, 5.74) is 1.73. The third-order valence-electron chi connectivity index (χ3n) is 5.74. The van der Waals surface area contributed by atoms with E-state index in [-0.39, 0.29) is 16.9 Å². The number of ether oxygens (including phenoxy) is 2. The molecule has 2 saturated heterocycles. The molecule has 2 aliphatic rings. The van der Waals surface area contributed by atoms with Crippen molar-refractivity contribution in [3.63, 3.8) is 0 Å². The lowest BCUT2D eigenvalue weighted by atomic mass is 10.2. The predicted octanol–water partition coefficient (Wildman–Crippen LogP) is 2.88. The Morgan fingerprint density at radius 3 is 2.70 bits per heavy atom. The van der Waals surface area contributed by atoms with E-state index in [1.54, 1.807) is 19.1 Å². The molecule has 0 saturated carbocycles. The van der Waals surface area contributed by atoms with Gasteiger partial charge in [0.1, 0.15) is 4.88 Å². The number of amides is 1. The summed E-state index contributed by atoms with van der Waals surface area (Å²) in [6, 6.07) is 4.80. The van der Waals surface area contributed by atoms with Gasteiger partial charge in [-0.25, -0.2) is 13.4 Å². The molecule has 3 heterocycles. The van der Waals surface area contributed by atoms with Crippen molar-refractivity contribution in [2.45, 2.75) is 44.1 Å². The monoisotopic (exact) mass is 494 g/mol. The van der Waals surface area contributed by atoms with Gasteiger partial charge in [-0.1, -0.05) is 6.92 Å². The molecule has 1 unspecified atom stereocenters. The van der Waals surface area contributed by atoms with Crippen LogP contribution in [-0.2, 0) is 25.9 Å². The van der Waals surface area contributed by atoms with E-state index >= 15 is 0 Å². The fraction of sp³-hybridized carbons (Fsp3) is 0.545. The van der Waals surface area contributed by atoms with Crippen LogP contribution in [0, 0.1) is 6.92 Å². The summed E-state index contributed by atoms with van der Waals surface area (Å²) in [7, 11) is -3.70. The van der Waals surface area contributed by atoms with E-state index in [1.165, 1.54) is 21.7 Å². The van der Waals surface area contributed by atoms with Crippen molar-refractivity contribution in [2.24, 2.45) is 0 Å². The molecule has 4 rings (SSSR count). The van der Waals surface area contributed by atoms with Crippen molar-refractivity contribution in [1.82, 2.24) is 9.29 Å². The number of benzene rings is 1. The first-order valence-electron chi connectivity index (χ1n) is 11.2. The third-order valence-corrected chi connectivity index (χ3v) is 8.94. The van der Waals surface area contributed by atoms with E-state index in [2.05, 4.69) is 15.6 Å². The molecule has 1 amide bonds. The van der Waals surface area contributed by atoms with Gasteiger partial charge in [-0.2, -0.15) is 4.31 Å². The molecule has 11 heteroatoms. The number of anilines is 2. The van der Waals surface area contributed by atoms with Gasteiger partial charge in [0.25, 0.3) is 5.91 Å². The topological polar surface area (TPSA) is 110 Å². The van der Waals surface area contributed by atoms with Crippen LogP contribution in [-0.4, -0.2) is 69.2 Å². The Morgan fingerprint density at radius 2 is 2.03 bits per heavy atom. The van der Waals surface area contributed by atoms with E-state index < -0.39 is 10.0 Å². The lowest BCUT2D eigenvalue weighted by molar-refractivity contribution is 0.0730. The van der Waals surface area contributed by atoms with Gasteiger partial charge in [0, 0.05) is 26.2 Å². The van der Waals surface area contributed by atoms with Gasteiger partial charge in [0.05, 0.1) is 46.3 Å². The number of carbonyl (C=O) groups excluding carboxylic acids is 1. The number of carbonyl (C=O) groups is 1. The SMILES string of the molecule is CCc1nc(C)c(C(=O)Nc2cc(S(=O)(=O)N3CCOCC3)ccc2NCC2CCCO2)s1. The second kappa shape index (κ2) is 10.5. The smallest absolute Gasteiger partial charge is 0.267 e. The maximum atomic E-state index is 13.2. The number of nitrogens with one attached hydrogen (secondary N) is 2. The van der Waals surface area contributed by atoms with Crippen LogP contribution in [0.2, 0.25) is 0 Å². The molecule has 0 bridgehead atoms. The number of sulfonamides is 1. The molecule has 1 atom stereocenters. The second-order valence-electron chi connectivity index (χ2n) is 8.07. The minimum atomic E-state index is -3.70. The number of nitrogens with zero attached hydrogens (tertiary/aromatic N) is 2. The lowest BCUT2D eigenvalue weighted by Crippen LogP contribution is -2.40. The Labute approximate surface area is 198 Å². The first-order chi connectivity index (χ1) is 15.9. The fourth-order valence-electron chi connectivity index (χ4n) is 3.90. The molecule has 33 heavy (non-hydrogen) atoms. The number of hydrogen-bond acceptors (Lipinski definition) is 8. The molecule has 2 N–H and O–H groups in total. The van der Waals surface area contributed by atoms with E-state index in [0.717, 1.165) is 30.9 Å². The van der Waals surface area contributed by atoms with Crippen molar-refractivity contribution >= 4 is 38.6 Å². The summed E-state index contributed by atoms with van der Waals surface area (Å²) in [5, 5.41) is 7.12. The minimum absolute atomic E-state index is 0.0983. The molecule has 0 spiro atoms. The standard InChI is InChI=1S/C22H30N4O5S2/c1-3-20-24-15(2)21(32-20)22(27)25-19-13-17(33(28,29)26-8-11-30-12-9-26)6-7-18(19)23-14-16-5-4-10-31-16/h6-7,13,16,23H,3-5,8-12,14H2,1-2H3,(H,25,27). The summed E-state index contributed by atoms with van der Waals surface area (Å²) in [6.45, 7) is 6.48. The van der Waals surface area contributed by atoms with Gasteiger partial charge in [-0.3, -0.25) is 4.79 Å². The fourth-order valence-corrected chi connectivity index (χ4v) is 6.23. The maximum absolute atomic E-state index is 13.2. The summed E-state index contributed by atoms with van der Waals surface area (Å²) < 4.78 is 38.7. The van der Waals surface area contributed by atoms with Crippen molar-refractivity contribution in [1.29, 1.82) is 0 Å². The molecule has 1 aromatic carbocycles. The molecule has 2 aliphatic heterocycles. The molecule has 9 nitrogen and oxygen atoms in total. The number of morpholine rings is 1. The Morgan fingerprint density at radius 1 is 1.24 bits per heavy atom. The zero-order chi connectivity index (χ0) is 23.4. The van der Waals surface area contributed by atoms with Crippen LogP contribution >= 0.6 is 11.3 Å². The number of aromatic nitrogens is 1. The Bertz CT molecular complexity index is 1090. The van der Waals surface area contributed by atoms with Gasteiger partial charge in [-0.15, -0.1) is 11.3 Å². The zero-order valence-electron chi connectivity index (χ0n) is 18.9.